The van der Waals surface area contributed by atoms with E-state index in [-0.39, 0.29) is 5.56 Å². The summed E-state index contributed by atoms with van der Waals surface area (Å²) in [6.07, 6.45) is -1.16. The van der Waals surface area contributed by atoms with Gasteiger partial charge in [-0.05, 0) is 37.3 Å². The van der Waals surface area contributed by atoms with Gasteiger partial charge in [-0.25, -0.2) is 0 Å². The Morgan fingerprint density at radius 2 is 1.90 bits per heavy atom. The van der Waals surface area contributed by atoms with E-state index in [1.165, 1.54) is 26.2 Å². The largest absolute Gasteiger partial charge is 0.495 e. The van der Waals surface area contributed by atoms with Crippen LogP contribution in [0, 0.1) is 0 Å². The highest BCUT2D eigenvalue weighted by Gasteiger charge is 2.37. The number of rotatable bonds is 6. The molecule has 1 aliphatic rings. The minimum absolute atomic E-state index is 0.226. The number of benzene rings is 2. The molecule has 2 amide bonds. The average Bonchev–Trinajstić information content (AvgIpc) is 2.93. The fourth-order valence-corrected chi connectivity index (χ4v) is 3.01. The van der Waals surface area contributed by atoms with Crippen molar-refractivity contribution >= 4 is 46.5 Å². The van der Waals surface area contributed by atoms with E-state index in [1.807, 2.05) is 0 Å². The standard InChI is InChI=1S/C20H17ClN2O6/c1-11(19(26)22-14-9-12(21)7-8-16(14)28-2)29-17(24)10-23-15-6-4-3-5-13(15)18(25)20(23)27/h3-9,11H,10H2,1-2H3,(H,22,26)/t11-/m1/s1. The summed E-state index contributed by atoms with van der Waals surface area (Å²) in [6, 6.07) is 11.0. The summed E-state index contributed by atoms with van der Waals surface area (Å²) in [5.74, 6) is -2.55. The number of para-hydroxylation sites is 1. The van der Waals surface area contributed by atoms with Crippen LogP contribution in [0.5, 0.6) is 5.75 Å². The molecule has 1 atom stereocenters. The number of ether oxygens (including phenoxy) is 2. The van der Waals surface area contributed by atoms with Crippen LogP contribution in [0.1, 0.15) is 17.3 Å². The smallest absolute Gasteiger partial charge is 0.326 e. The van der Waals surface area contributed by atoms with Crippen molar-refractivity contribution in [1.82, 2.24) is 0 Å². The van der Waals surface area contributed by atoms with E-state index in [2.05, 4.69) is 5.32 Å². The first-order chi connectivity index (χ1) is 13.8. The molecule has 8 nitrogen and oxygen atoms in total. The molecule has 0 radical (unpaired) electrons. The molecular weight excluding hydrogens is 400 g/mol. The predicted molar refractivity (Wildman–Crippen MR) is 105 cm³/mol. The average molecular weight is 417 g/mol. The first-order valence-electron chi connectivity index (χ1n) is 8.61. The predicted octanol–water partition coefficient (Wildman–Crippen LogP) is 2.45. The molecule has 0 bridgehead atoms. The van der Waals surface area contributed by atoms with Crippen LogP contribution in [0.3, 0.4) is 0 Å². The van der Waals surface area contributed by atoms with Gasteiger partial charge in [0.2, 0.25) is 0 Å². The van der Waals surface area contributed by atoms with E-state index in [0.717, 1.165) is 4.90 Å². The van der Waals surface area contributed by atoms with E-state index in [4.69, 9.17) is 21.1 Å². The number of carbonyl (C=O) groups is 4. The van der Waals surface area contributed by atoms with Gasteiger partial charge < -0.3 is 14.8 Å². The highest BCUT2D eigenvalue weighted by atomic mass is 35.5. The normalized spacial score (nSPS) is 13.7. The molecule has 1 aliphatic heterocycles. The van der Waals surface area contributed by atoms with E-state index in [1.54, 1.807) is 30.3 Å². The number of anilines is 2. The van der Waals surface area contributed by atoms with E-state index < -0.39 is 36.2 Å². The second kappa shape index (κ2) is 8.32. The molecule has 0 unspecified atom stereocenters. The summed E-state index contributed by atoms with van der Waals surface area (Å²) in [7, 11) is 1.44. The van der Waals surface area contributed by atoms with E-state index >= 15 is 0 Å². The topological polar surface area (TPSA) is 102 Å². The van der Waals surface area contributed by atoms with Crippen molar-refractivity contribution in [2.75, 3.05) is 23.9 Å². The van der Waals surface area contributed by atoms with Crippen molar-refractivity contribution < 1.29 is 28.7 Å². The van der Waals surface area contributed by atoms with Crippen molar-refractivity contribution in [3.05, 3.63) is 53.1 Å². The van der Waals surface area contributed by atoms with Crippen LogP contribution in [0.2, 0.25) is 5.02 Å². The van der Waals surface area contributed by atoms with Crippen LogP contribution < -0.4 is 15.0 Å². The summed E-state index contributed by atoms with van der Waals surface area (Å²) in [5, 5.41) is 2.96. The van der Waals surface area contributed by atoms with E-state index in [9.17, 15) is 19.2 Å². The molecular formula is C20H17ClN2O6. The number of Topliss-reactive ketones (excluding diaryl/α,β-unsaturated/α-hetero) is 1. The molecule has 0 saturated carbocycles. The SMILES string of the molecule is COc1ccc(Cl)cc1NC(=O)[C@@H](C)OC(=O)CN1C(=O)C(=O)c2ccccc21. The Kier molecular flexibility index (Phi) is 5.84. The molecule has 150 valence electrons. The summed E-state index contributed by atoms with van der Waals surface area (Å²) >= 11 is 5.93. The van der Waals surface area contributed by atoms with Crippen LogP contribution in [0.4, 0.5) is 11.4 Å². The zero-order chi connectivity index (χ0) is 21.1. The number of halogens is 1. The third-order valence-corrected chi connectivity index (χ3v) is 4.50. The molecule has 0 fully saturated rings. The number of methoxy groups -OCH3 is 1. The molecule has 2 aromatic rings. The zero-order valence-electron chi connectivity index (χ0n) is 15.6. The number of nitrogens with zero attached hydrogens (tertiary/aromatic N) is 1. The van der Waals surface area contributed by atoms with Gasteiger partial charge in [0, 0.05) is 5.02 Å². The second-order valence-corrected chi connectivity index (χ2v) is 6.64. The maximum atomic E-state index is 12.4. The minimum Gasteiger partial charge on any atom is -0.495 e. The molecule has 29 heavy (non-hydrogen) atoms. The van der Waals surface area contributed by atoms with Gasteiger partial charge in [-0.3, -0.25) is 24.1 Å². The maximum Gasteiger partial charge on any atom is 0.326 e. The molecule has 1 heterocycles. The Morgan fingerprint density at radius 3 is 2.62 bits per heavy atom. The van der Waals surface area contributed by atoms with Gasteiger partial charge in [-0.15, -0.1) is 0 Å². The van der Waals surface area contributed by atoms with Gasteiger partial charge in [0.15, 0.2) is 6.10 Å². The number of esters is 1. The van der Waals surface area contributed by atoms with Crippen LogP contribution in [0.25, 0.3) is 0 Å². The number of ketones is 1. The number of carbonyl (C=O) groups excluding carboxylic acids is 4. The van der Waals surface area contributed by atoms with Crippen LogP contribution in [-0.4, -0.2) is 43.3 Å². The Balaban J connectivity index is 1.64. The summed E-state index contributed by atoms with van der Waals surface area (Å²) < 4.78 is 10.3. The summed E-state index contributed by atoms with van der Waals surface area (Å²) in [6.45, 7) is 0.898. The highest BCUT2D eigenvalue weighted by molar-refractivity contribution is 6.52. The lowest BCUT2D eigenvalue weighted by Crippen LogP contribution is -2.38. The molecule has 0 aromatic heterocycles. The lowest BCUT2D eigenvalue weighted by Gasteiger charge is -2.18. The number of hydrogen-bond acceptors (Lipinski definition) is 6. The molecule has 0 aliphatic carbocycles. The number of amides is 2. The van der Waals surface area contributed by atoms with Crippen molar-refractivity contribution in [1.29, 1.82) is 0 Å². The molecule has 9 heteroatoms. The number of nitrogens with one attached hydrogen (secondary N) is 1. The van der Waals surface area contributed by atoms with Crippen molar-refractivity contribution in [2.24, 2.45) is 0 Å². The second-order valence-electron chi connectivity index (χ2n) is 6.20. The Morgan fingerprint density at radius 1 is 1.17 bits per heavy atom. The van der Waals surface area contributed by atoms with Crippen molar-refractivity contribution in [3.63, 3.8) is 0 Å². The van der Waals surface area contributed by atoms with Gasteiger partial charge in [0.05, 0.1) is 24.0 Å². The van der Waals surface area contributed by atoms with Crippen LogP contribution in [0.15, 0.2) is 42.5 Å². The zero-order valence-corrected chi connectivity index (χ0v) is 16.4. The molecule has 2 aromatic carbocycles. The minimum atomic E-state index is -1.16. The highest BCUT2D eigenvalue weighted by Crippen LogP contribution is 2.29. The van der Waals surface area contributed by atoms with Gasteiger partial charge in [0.25, 0.3) is 17.6 Å². The Hall–Kier alpha value is -3.39. The number of hydrogen-bond donors (Lipinski definition) is 1. The fraction of sp³-hybridized carbons (Fsp3) is 0.200. The van der Waals surface area contributed by atoms with Gasteiger partial charge in [0.1, 0.15) is 12.3 Å². The first-order valence-corrected chi connectivity index (χ1v) is 8.98. The summed E-state index contributed by atoms with van der Waals surface area (Å²) in [5.41, 5.74) is 0.881. The van der Waals surface area contributed by atoms with Crippen LogP contribution in [-0.2, 0) is 19.1 Å². The Bertz CT molecular complexity index is 1010. The summed E-state index contributed by atoms with van der Waals surface area (Å²) in [4.78, 5) is 49.7. The third-order valence-electron chi connectivity index (χ3n) is 4.26. The quantitative estimate of drug-likeness (QED) is 0.573. The van der Waals surface area contributed by atoms with Crippen molar-refractivity contribution in [3.8, 4) is 5.75 Å². The Labute approximate surface area is 171 Å². The fourth-order valence-electron chi connectivity index (χ4n) is 2.83. The first kappa shape index (κ1) is 20.3. The molecule has 0 saturated heterocycles. The third kappa shape index (κ3) is 4.22. The molecule has 1 N–H and O–H groups in total. The maximum absolute atomic E-state index is 12.4. The monoisotopic (exact) mass is 416 g/mol. The lowest BCUT2D eigenvalue weighted by molar-refractivity contribution is -0.152. The molecule has 0 spiro atoms. The van der Waals surface area contributed by atoms with Gasteiger partial charge in [-0.1, -0.05) is 23.7 Å². The van der Waals surface area contributed by atoms with Gasteiger partial charge >= 0.3 is 5.97 Å². The van der Waals surface area contributed by atoms with Crippen LogP contribution >= 0.6 is 11.6 Å². The number of fused-ring (bicyclic) bond motifs is 1. The molecule has 3 rings (SSSR count). The van der Waals surface area contributed by atoms with E-state index in [0.29, 0.717) is 22.1 Å². The van der Waals surface area contributed by atoms with Crippen molar-refractivity contribution in [2.45, 2.75) is 13.0 Å². The van der Waals surface area contributed by atoms with Gasteiger partial charge in [-0.2, -0.15) is 0 Å². The lowest BCUT2D eigenvalue weighted by atomic mass is 10.1.